The van der Waals surface area contributed by atoms with Gasteiger partial charge in [0.05, 0.1) is 45.1 Å². The fraction of sp³-hybridized carbons (Fsp3) is 0.222. The van der Waals surface area contributed by atoms with E-state index in [1.54, 1.807) is 34.3 Å². The maximum Gasteiger partial charge on any atom is 0.289 e. The molecule has 4 aromatic carbocycles. The molecular weight excluding hydrogens is 715 g/mol. The van der Waals surface area contributed by atoms with Crippen LogP contribution in [0.1, 0.15) is 34.3 Å². The largest absolute Gasteiger partial charge is 0.289 e. The molecule has 4 fully saturated rings. The number of carbonyl (C=O) groups excluding carboxylic acids is 4. The summed E-state index contributed by atoms with van der Waals surface area (Å²) in [5.41, 5.74) is 1.97. The number of nitro groups is 2. The van der Waals surface area contributed by atoms with Gasteiger partial charge in [-0.05, 0) is 49.2 Å². The number of halogens is 2. The van der Waals surface area contributed by atoms with Crippen LogP contribution in [0.5, 0.6) is 0 Å². The van der Waals surface area contributed by atoms with Crippen LogP contribution in [0.3, 0.4) is 0 Å². The van der Waals surface area contributed by atoms with Crippen LogP contribution in [0.2, 0.25) is 10.0 Å². The van der Waals surface area contributed by atoms with Gasteiger partial charge >= 0.3 is 0 Å². The lowest BCUT2D eigenvalue weighted by Gasteiger charge is -2.35. The molecule has 0 N–H and O–H groups in total. The molecule has 0 saturated carbocycles. The topological polar surface area (TPSA) is 168 Å². The van der Waals surface area contributed by atoms with E-state index < -0.39 is 80.9 Å². The first-order valence-corrected chi connectivity index (χ1v) is 16.9. The van der Waals surface area contributed by atoms with E-state index in [1.807, 2.05) is 38.1 Å². The third-order valence-electron chi connectivity index (χ3n) is 10.3. The summed E-state index contributed by atoms with van der Waals surface area (Å²) in [7, 11) is 0. The van der Waals surface area contributed by atoms with Crippen molar-refractivity contribution in [3.05, 3.63) is 137 Å². The van der Waals surface area contributed by atoms with Gasteiger partial charge in [0.25, 0.3) is 23.2 Å². The summed E-state index contributed by atoms with van der Waals surface area (Å²) in [5.74, 6) is -4.87. The maximum absolute atomic E-state index is 14.6. The Morgan fingerprint density at radius 1 is 0.519 bits per heavy atom. The Morgan fingerprint density at radius 2 is 0.865 bits per heavy atom. The van der Waals surface area contributed by atoms with Crippen LogP contribution in [0.25, 0.3) is 0 Å². The van der Waals surface area contributed by atoms with Crippen molar-refractivity contribution in [1.82, 2.24) is 10.0 Å². The molecule has 4 aliphatic rings. The van der Waals surface area contributed by atoms with E-state index in [0.29, 0.717) is 11.1 Å². The number of amides is 4. The monoisotopic (exact) mass is 740 g/mol. The van der Waals surface area contributed by atoms with Crippen LogP contribution in [-0.4, -0.2) is 55.6 Å². The van der Waals surface area contributed by atoms with E-state index in [1.165, 1.54) is 24.3 Å². The number of rotatable bonds is 6. The number of benzene rings is 4. The van der Waals surface area contributed by atoms with Crippen molar-refractivity contribution < 1.29 is 29.0 Å². The number of nitrogens with zero attached hydrogens (tertiary/aromatic N) is 6. The Hall–Kier alpha value is -5.54. The van der Waals surface area contributed by atoms with Crippen LogP contribution >= 0.6 is 23.2 Å². The summed E-state index contributed by atoms with van der Waals surface area (Å²) in [6.07, 6.45) is 0. The molecule has 4 aliphatic heterocycles. The van der Waals surface area contributed by atoms with Crippen molar-refractivity contribution in [3.63, 3.8) is 0 Å². The molecule has 262 valence electrons. The quantitative estimate of drug-likeness (QED) is 0.132. The van der Waals surface area contributed by atoms with Crippen molar-refractivity contribution in [3.8, 4) is 0 Å². The summed E-state index contributed by atoms with van der Waals surface area (Å²) in [6, 6.07) is 17.6. The van der Waals surface area contributed by atoms with Crippen molar-refractivity contribution in [1.29, 1.82) is 0 Å². The predicted molar refractivity (Wildman–Crippen MR) is 187 cm³/mol. The lowest BCUT2D eigenvalue weighted by atomic mass is 9.84. The zero-order valence-corrected chi connectivity index (χ0v) is 28.8. The minimum Gasteiger partial charge on any atom is -0.274 e. The molecule has 0 radical (unpaired) electrons. The second-order valence-electron chi connectivity index (χ2n) is 13.2. The number of imide groups is 2. The third-order valence-corrected chi connectivity index (χ3v) is 11.0. The van der Waals surface area contributed by atoms with Crippen LogP contribution < -0.4 is 9.80 Å². The molecule has 14 nitrogen and oxygen atoms in total. The first kappa shape index (κ1) is 33.6. The van der Waals surface area contributed by atoms with Gasteiger partial charge in [0.15, 0.2) is 0 Å². The highest BCUT2D eigenvalue weighted by Gasteiger charge is 2.73. The van der Waals surface area contributed by atoms with E-state index in [4.69, 9.17) is 23.2 Å². The Kier molecular flexibility index (Phi) is 7.77. The number of fused-ring (bicyclic) bond motifs is 5. The van der Waals surface area contributed by atoms with Gasteiger partial charge in [-0.15, -0.1) is 0 Å². The molecular formula is C36H26Cl2N6O8. The molecule has 4 aromatic rings. The summed E-state index contributed by atoms with van der Waals surface area (Å²) >= 11 is 12.1. The Bertz CT molecular complexity index is 2110. The zero-order valence-electron chi connectivity index (χ0n) is 27.3. The first-order chi connectivity index (χ1) is 24.8. The average molecular weight is 742 g/mol. The molecule has 0 bridgehead atoms. The van der Waals surface area contributed by atoms with Crippen molar-refractivity contribution in [2.24, 2.45) is 11.8 Å². The molecule has 52 heavy (non-hydrogen) atoms. The number of aryl methyl sites for hydroxylation is 2. The smallest absolute Gasteiger partial charge is 0.274 e. The van der Waals surface area contributed by atoms with Crippen LogP contribution in [0.4, 0.5) is 22.7 Å². The number of hydrogen-bond acceptors (Lipinski definition) is 10. The number of nitro benzene ring substituents is 2. The molecule has 0 aromatic heterocycles. The molecule has 4 amide bonds. The molecule has 0 spiro atoms. The van der Waals surface area contributed by atoms with Crippen LogP contribution in [0.15, 0.2) is 84.9 Å². The van der Waals surface area contributed by atoms with E-state index in [9.17, 15) is 39.4 Å². The standard InChI is InChI=1S/C36H26Cl2N6O8/c1-17-3-7-19(8-4-17)29-27-31(35(47)39(33(27)45)21-11-13-23(37)25(15-21)43(49)50)42-30(20-9-5-18(2)6-10-20)28-32(41(29)42)36(48)40(34(28)46)22-12-14-24(38)26(16-22)44(51)52/h3-16,27-32H,1-2H3. The van der Waals surface area contributed by atoms with Gasteiger partial charge in [-0.3, -0.25) is 39.4 Å². The second kappa shape index (κ2) is 12.0. The van der Waals surface area contributed by atoms with Crippen LogP contribution in [-0.2, 0) is 19.2 Å². The summed E-state index contributed by atoms with van der Waals surface area (Å²) in [6.45, 7) is 3.77. The Morgan fingerprint density at radius 3 is 1.19 bits per heavy atom. The fourth-order valence-electron chi connectivity index (χ4n) is 8.09. The number of carbonyl (C=O) groups is 4. The van der Waals surface area contributed by atoms with Crippen molar-refractivity contribution in [2.45, 2.75) is 38.0 Å². The maximum atomic E-state index is 14.6. The molecule has 4 heterocycles. The van der Waals surface area contributed by atoms with E-state index in [-0.39, 0.29) is 21.4 Å². The van der Waals surface area contributed by atoms with E-state index in [0.717, 1.165) is 33.1 Å². The van der Waals surface area contributed by atoms with Crippen molar-refractivity contribution >= 4 is 69.6 Å². The van der Waals surface area contributed by atoms with Gasteiger partial charge in [-0.25, -0.2) is 19.8 Å². The number of hydrogen-bond donors (Lipinski definition) is 0. The highest BCUT2D eigenvalue weighted by molar-refractivity contribution is 6.33. The molecule has 16 heteroatoms. The Balaban J connectivity index is 1.32. The molecule has 8 rings (SSSR count). The average Bonchev–Trinajstić information content (AvgIpc) is 3.77. The zero-order chi connectivity index (χ0) is 36.9. The van der Waals surface area contributed by atoms with E-state index >= 15 is 0 Å². The molecule has 6 unspecified atom stereocenters. The SMILES string of the molecule is Cc1ccc(C2C3C(=O)N(c4ccc(Cl)c([N+](=O)[O-])c4)C(=O)C3N3C(c4ccc(C)cc4)C4C(=O)N(c5ccc(Cl)c([N+](=O)[O-])c5)C(=O)C4N23)cc1. The van der Waals surface area contributed by atoms with Crippen molar-refractivity contribution in [2.75, 3.05) is 9.80 Å². The highest BCUT2D eigenvalue weighted by atomic mass is 35.5. The van der Waals surface area contributed by atoms with Gasteiger partial charge in [0, 0.05) is 12.1 Å². The first-order valence-electron chi connectivity index (χ1n) is 16.1. The minimum absolute atomic E-state index is 0.0383. The molecule has 4 saturated heterocycles. The fourth-order valence-corrected chi connectivity index (χ4v) is 8.47. The number of hydrazine groups is 1. The summed E-state index contributed by atoms with van der Waals surface area (Å²) in [4.78, 5) is 82.5. The summed E-state index contributed by atoms with van der Waals surface area (Å²) < 4.78 is 0. The molecule has 6 atom stereocenters. The normalized spacial score (nSPS) is 25.5. The van der Waals surface area contributed by atoms with Gasteiger partial charge < -0.3 is 0 Å². The van der Waals surface area contributed by atoms with Gasteiger partial charge in [-0.1, -0.05) is 82.9 Å². The lowest BCUT2D eigenvalue weighted by molar-refractivity contribution is -0.384. The third kappa shape index (κ3) is 4.79. The van der Waals surface area contributed by atoms with Gasteiger partial charge in [0.2, 0.25) is 11.8 Å². The van der Waals surface area contributed by atoms with E-state index in [2.05, 4.69) is 0 Å². The predicted octanol–water partition coefficient (Wildman–Crippen LogP) is 5.87. The minimum atomic E-state index is -1.21. The second-order valence-corrected chi connectivity index (χ2v) is 14.0. The molecule has 0 aliphatic carbocycles. The highest BCUT2D eigenvalue weighted by Crippen LogP contribution is 2.60. The van der Waals surface area contributed by atoms with Crippen LogP contribution in [0, 0.1) is 45.9 Å². The van der Waals surface area contributed by atoms with Gasteiger partial charge in [-0.2, -0.15) is 0 Å². The van der Waals surface area contributed by atoms with Gasteiger partial charge in [0.1, 0.15) is 22.1 Å². The lowest BCUT2D eigenvalue weighted by Crippen LogP contribution is -2.50. The number of anilines is 2. The summed E-state index contributed by atoms with van der Waals surface area (Å²) in [5, 5.41) is 26.5. The Labute approximate surface area is 305 Å².